The van der Waals surface area contributed by atoms with Crippen molar-refractivity contribution in [3.8, 4) is 5.69 Å². The molecule has 0 bridgehead atoms. The maximum atomic E-state index is 13.5. The largest absolute Gasteiger partial charge is 0.373 e. The molecule has 0 amide bonds. The monoisotopic (exact) mass is 237 g/mol. The molecule has 0 spiro atoms. The molecule has 17 heavy (non-hydrogen) atoms. The van der Waals surface area contributed by atoms with Gasteiger partial charge in [0.05, 0.1) is 12.7 Å². The molecule has 1 unspecified atom stereocenters. The van der Waals surface area contributed by atoms with Crippen molar-refractivity contribution in [1.29, 1.82) is 0 Å². The Labute approximate surface area is 95.8 Å². The van der Waals surface area contributed by atoms with E-state index in [1.54, 1.807) is 0 Å². The van der Waals surface area contributed by atoms with Crippen LogP contribution in [0, 0.1) is 11.6 Å². The highest BCUT2D eigenvalue weighted by Crippen LogP contribution is 2.17. The lowest BCUT2D eigenvalue weighted by molar-refractivity contribution is 0.404. The molecule has 0 saturated carbocycles. The second-order valence-corrected chi connectivity index (χ2v) is 3.84. The molecule has 88 valence electrons. The highest BCUT2D eigenvalue weighted by Gasteiger charge is 2.24. The van der Waals surface area contributed by atoms with Crippen molar-refractivity contribution >= 4 is 0 Å². The van der Waals surface area contributed by atoms with E-state index in [1.165, 1.54) is 23.1 Å². The van der Waals surface area contributed by atoms with Crippen molar-refractivity contribution in [1.82, 2.24) is 14.8 Å². The second kappa shape index (κ2) is 3.89. The molecule has 4 nitrogen and oxygen atoms in total. The minimum atomic E-state index is -0.924. The van der Waals surface area contributed by atoms with Crippen molar-refractivity contribution in [2.75, 3.05) is 6.61 Å². The molecule has 2 heterocycles. The highest BCUT2D eigenvalue weighted by molar-refractivity contribution is 5.32. The Hall–Kier alpha value is -1.82. The average Bonchev–Trinajstić information content (AvgIpc) is 3.00. The first-order valence-corrected chi connectivity index (χ1v) is 5.20. The number of halogens is 2. The molecule has 1 aliphatic heterocycles. The summed E-state index contributed by atoms with van der Waals surface area (Å²) in [6.07, 6.45) is 2.14. The molecule has 0 aliphatic carbocycles. The van der Waals surface area contributed by atoms with Crippen molar-refractivity contribution in [3.05, 3.63) is 42.0 Å². The van der Waals surface area contributed by atoms with Gasteiger partial charge in [0, 0.05) is 6.42 Å². The highest BCUT2D eigenvalue weighted by atomic mass is 19.2. The van der Waals surface area contributed by atoms with Gasteiger partial charge in [-0.05, 0) is 12.1 Å². The van der Waals surface area contributed by atoms with E-state index >= 15 is 0 Å². The zero-order valence-corrected chi connectivity index (χ0v) is 8.81. The summed E-state index contributed by atoms with van der Waals surface area (Å²) >= 11 is 0. The summed E-state index contributed by atoms with van der Waals surface area (Å²) in [6.45, 7) is 0.711. The predicted octanol–water partition coefficient (Wildman–Crippen LogP) is 1.49. The number of rotatable bonds is 3. The number of benzene rings is 1. The van der Waals surface area contributed by atoms with Gasteiger partial charge in [-0.1, -0.05) is 6.07 Å². The third-order valence-electron chi connectivity index (χ3n) is 2.53. The minimum Gasteiger partial charge on any atom is -0.373 e. The first-order chi connectivity index (χ1) is 8.24. The van der Waals surface area contributed by atoms with Crippen LogP contribution in [0.3, 0.4) is 0 Å². The Kier molecular flexibility index (Phi) is 2.36. The van der Waals surface area contributed by atoms with E-state index < -0.39 is 11.6 Å². The van der Waals surface area contributed by atoms with Gasteiger partial charge in [0.1, 0.15) is 12.0 Å². The summed E-state index contributed by atoms with van der Waals surface area (Å²) in [7, 11) is 0. The van der Waals surface area contributed by atoms with Crippen molar-refractivity contribution in [2.45, 2.75) is 12.5 Å². The topological polar surface area (TPSA) is 43.2 Å². The van der Waals surface area contributed by atoms with E-state index in [4.69, 9.17) is 4.74 Å². The van der Waals surface area contributed by atoms with Crippen LogP contribution in [-0.4, -0.2) is 27.5 Å². The van der Waals surface area contributed by atoms with E-state index in [0.717, 1.165) is 6.07 Å². The number of hydrogen-bond acceptors (Lipinski definition) is 3. The molecule has 6 heteroatoms. The Morgan fingerprint density at radius 1 is 1.41 bits per heavy atom. The van der Waals surface area contributed by atoms with Crippen LogP contribution < -0.4 is 0 Å². The smallest absolute Gasteiger partial charge is 0.184 e. The maximum Gasteiger partial charge on any atom is 0.184 e. The number of hydrogen-bond donors (Lipinski definition) is 0. The van der Waals surface area contributed by atoms with Crippen molar-refractivity contribution in [3.63, 3.8) is 0 Å². The summed E-state index contributed by atoms with van der Waals surface area (Å²) in [5.41, 5.74) is 0.0560. The van der Waals surface area contributed by atoms with Crippen molar-refractivity contribution < 1.29 is 13.5 Å². The van der Waals surface area contributed by atoms with E-state index in [2.05, 4.69) is 10.1 Å². The SMILES string of the molecule is Fc1cccc(-n2cnc(CC3CO3)n2)c1F. The normalized spacial score (nSPS) is 18.4. The van der Waals surface area contributed by atoms with Crippen LogP contribution in [0.1, 0.15) is 5.82 Å². The van der Waals surface area contributed by atoms with Crippen LogP contribution >= 0.6 is 0 Å². The first-order valence-electron chi connectivity index (χ1n) is 5.20. The van der Waals surface area contributed by atoms with Gasteiger partial charge < -0.3 is 4.74 Å². The van der Waals surface area contributed by atoms with E-state index in [1.807, 2.05) is 0 Å². The molecule has 1 fully saturated rings. The number of ether oxygens (including phenoxy) is 1. The Morgan fingerprint density at radius 3 is 3.00 bits per heavy atom. The molecule has 0 N–H and O–H groups in total. The average molecular weight is 237 g/mol. The zero-order valence-electron chi connectivity index (χ0n) is 8.81. The van der Waals surface area contributed by atoms with Crippen LogP contribution in [0.5, 0.6) is 0 Å². The number of epoxide rings is 1. The fraction of sp³-hybridized carbons (Fsp3) is 0.273. The van der Waals surface area contributed by atoms with Crippen molar-refractivity contribution in [2.24, 2.45) is 0 Å². The minimum absolute atomic E-state index is 0.0560. The van der Waals surface area contributed by atoms with Gasteiger partial charge in [-0.25, -0.2) is 18.4 Å². The summed E-state index contributed by atoms with van der Waals surface area (Å²) < 4.78 is 32.8. The summed E-state index contributed by atoms with van der Waals surface area (Å²) in [4.78, 5) is 4.03. The van der Waals surface area contributed by atoms with Crippen LogP contribution in [0.15, 0.2) is 24.5 Å². The van der Waals surface area contributed by atoms with Crippen LogP contribution in [0.4, 0.5) is 8.78 Å². The maximum absolute atomic E-state index is 13.5. The number of aromatic nitrogens is 3. The molecule has 1 atom stereocenters. The first kappa shape index (κ1) is 10.3. The molecule has 2 aromatic rings. The fourth-order valence-corrected chi connectivity index (χ4v) is 1.57. The molecule has 1 aromatic carbocycles. The number of nitrogens with zero attached hydrogens (tertiary/aromatic N) is 3. The van der Waals surface area contributed by atoms with E-state index in [-0.39, 0.29) is 11.8 Å². The molecule has 1 aromatic heterocycles. The van der Waals surface area contributed by atoms with Crippen LogP contribution in [-0.2, 0) is 11.2 Å². The molecule has 3 rings (SSSR count). The Balaban J connectivity index is 1.91. The van der Waals surface area contributed by atoms with Crippen LogP contribution in [0.25, 0.3) is 5.69 Å². The fourth-order valence-electron chi connectivity index (χ4n) is 1.57. The lowest BCUT2D eigenvalue weighted by atomic mass is 10.3. The third kappa shape index (κ3) is 2.03. The van der Waals surface area contributed by atoms with Gasteiger partial charge >= 0.3 is 0 Å². The Bertz CT molecular complexity index is 551. The molecule has 0 radical (unpaired) electrons. The van der Waals surface area contributed by atoms with Gasteiger partial charge in [-0.2, -0.15) is 5.10 Å². The van der Waals surface area contributed by atoms with Gasteiger partial charge in [0.2, 0.25) is 0 Å². The molecular weight excluding hydrogens is 228 g/mol. The van der Waals surface area contributed by atoms with Gasteiger partial charge in [-0.3, -0.25) is 0 Å². The molecular formula is C11H9F2N3O. The van der Waals surface area contributed by atoms with Gasteiger partial charge in [0.25, 0.3) is 0 Å². The Morgan fingerprint density at radius 2 is 2.24 bits per heavy atom. The standard InChI is InChI=1S/C11H9F2N3O/c12-8-2-1-3-9(11(8)13)16-6-14-10(15-16)4-7-5-17-7/h1-3,6-7H,4-5H2. The van der Waals surface area contributed by atoms with Gasteiger partial charge in [0.15, 0.2) is 17.5 Å². The zero-order chi connectivity index (χ0) is 11.8. The molecule has 1 aliphatic rings. The summed E-state index contributed by atoms with van der Waals surface area (Å²) in [5, 5.41) is 4.08. The second-order valence-electron chi connectivity index (χ2n) is 3.84. The van der Waals surface area contributed by atoms with E-state index in [0.29, 0.717) is 18.9 Å². The third-order valence-corrected chi connectivity index (χ3v) is 2.53. The van der Waals surface area contributed by atoms with E-state index in [9.17, 15) is 8.78 Å². The lowest BCUT2D eigenvalue weighted by Crippen LogP contribution is -2.02. The summed E-state index contributed by atoms with van der Waals surface area (Å²) in [5.74, 6) is -1.26. The van der Waals surface area contributed by atoms with Gasteiger partial charge in [-0.15, -0.1) is 0 Å². The summed E-state index contributed by atoms with van der Waals surface area (Å²) in [6, 6.07) is 3.94. The predicted molar refractivity (Wildman–Crippen MR) is 54.7 cm³/mol. The molecule has 1 saturated heterocycles. The van der Waals surface area contributed by atoms with Crippen LogP contribution in [0.2, 0.25) is 0 Å². The quantitative estimate of drug-likeness (QED) is 0.759. The lowest BCUT2D eigenvalue weighted by Gasteiger charge is -2.02.